The Kier molecular flexibility index (Phi) is 5.28. The van der Waals surface area contributed by atoms with Crippen molar-refractivity contribution >= 4 is 17.4 Å². The number of hydrogen-bond donors (Lipinski definition) is 1. The quantitative estimate of drug-likeness (QED) is 0.769. The van der Waals surface area contributed by atoms with E-state index in [9.17, 15) is 0 Å². The third kappa shape index (κ3) is 4.20. The molecule has 0 aliphatic heterocycles. The van der Waals surface area contributed by atoms with Crippen LogP contribution in [0.3, 0.4) is 0 Å². The molecule has 0 aliphatic carbocycles. The molecule has 0 spiro atoms. The lowest BCUT2D eigenvalue weighted by molar-refractivity contribution is 0.380. The highest BCUT2D eigenvalue weighted by Gasteiger charge is 2.04. The molecule has 90 valence electrons. The minimum atomic E-state index is 0.319. The van der Waals surface area contributed by atoms with Gasteiger partial charge in [0.1, 0.15) is 5.02 Å². The second kappa shape index (κ2) is 6.50. The molecule has 1 aromatic rings. The van der Waals surface area contributed by atoms with Gasteiger partial charge in [0, 0.05) is 6.54 Å². The summed E-state index contributed by atoms with van der Waals surface area (Å²) in [5.74, 6) is 0.618. The summed E-state index contributed by atoms with van der Waals surface area (Å²) in [6.07, 6.45) is 2.55. The van der Waals surface area contributed by atoms with Crippen LogP contribution in [0, 0.1) is 0 Å². The lowest BCUT2D eigenvalue weighted by Crippen LogP contribution is -2.16. The minimum Gasteiger partial charge on any atom is -0.467 e. The van der Waals surface area contributed by atoms with Gasteiger partial charge in [-0.15, -0.1) is 0 Å². The number of hydrogen-bond acceptors (Lipinski definition) is 5. The van der Waals surface area contributed by atoms with Crippen LogP contribution in [0.4, 0.5) is 5.82 Å². The summed E-state index contributed by atoms with van der Waals surface area (Å²) >= 11 is 5.94. The number of halogens is 1. The van der Waals surface area contributed by atoms with E-state index in [1.165, 1.54) is 13.3 Å². The predicted octanol–water partition coefficient (Wildman–Crippen LogP) is 1.50. The first-order valence-electron chi connectivity index (χ1n) is 5.08. The molecule has 0 unspecified atom stereocenters. The van der Waals surface area contributed by atoms with E-state index in [1.54, 1.807) is 0 Å². The number of anilines is 1. The van der Waals surface area contributed by atoms with E-state index in [0.29, 0.717) is 16.9 Å². The molecule has 1 heterocycles. The van der Waals surface area contributed by atoms with E-state index in [0.717, 1.165) is 19.5 Å². The topological polar surface area (TPSA) is 50.3 Å². The van der Waals surface area contributed by atoms with Gasteiger partial charge >= 0.3 is 6.01 Å². The third-order valence-electron chi connectivity index (χ3n) is 1.98. The average molecular weight is 245 g/mol. The molecule has 0 bridgehead atoms. The van der Waals surface area contributed by atoms with E-state index in [2.05, 4.69) is 20.2 Å². The van der Waals surface area contributed by atoms with Crippen LogP contribution in [0.25, 0.3) is 0 Å². The van der Waals surface area contributed by atoms with E-state index in [-0.39, 0.29) is 0 Å². The molecule has 1 N–H and O–H groups in total. The predicted molar refractivity (Wildman–Crippen MR) is 65.3 cm³/mol. The van der Waals surface area contributed by atoms with E-state index in [1.807, 2.05) is 14.1 Å². The highest BCUT2D eigenvalue weighted by molar-refractivity contribution is 6.32. The molecule has 16 heavy (non-hydrogen) atoms. The highest BCUT2D eigenvalue weighted by atomic mass is 35.5. The maximum Gasteiger partial charge on any atom is 0.318 e. The van der Waals surface area contributed by atoms with E-state index in [4.69, 9.17) is 16.3 Å². The van der Waals surface area contributed by atoms with Crippen LogP contribution in [0.5, 0.6) is 6.01 Å². The number of nitrogens with one attached hydrogen (secondary N) is 1. The van der Waals surface area contributed by atoms with Gasteiger partial charge in [0.05, 0.1) is 13.3 Å². The van der Waals surface area contributed by atoms with Crippen molar-refractivity contribution in [2.45, 2.75) is 6.42 Å². The zero-order valence-corrected chi connectivity index (χ0v) is 10.6. The van der Waals surface area contributed by atoms with Crippen molar-refractivity contribution in [1.82, 2.24) is 14.9 Å². The molecule has 0 radical (unpaired) electrons. The minimum absolute atomic E-state index is 0.319. The Bertz CT molecular complexity index is 333. The number of nitrogens with zero attached hydrogens (tertiary/aromatic N) is 3. The van der Waals surface area contributed by atoms with Gasteiger partial charge in [0.25, 0.3) is 0 Å². The second-order valence-electron chi connectivity index (χ2n) is 3.64. The Morgan fingerprint density at radius 1 is 1.50 bits per heavy atom. The zero-order valence-electron chi connectivity index (χ0n) is 9.83. The largest absolute Gasteiger partial charge is 0.467 e. The van der Waals surface area contributed by atoms with Gasteiger partial charge < -0.3 is 15.0 Å². The highest BCUT2D eigenvalue weighted by Crippen LogP contribution is 2.19. The number of methoxy groups -OCH3 is 1. The molecule has 0 fully saturated rings. The summed E-state index contributed by atoms with van der Waals surface area (Å²) in [7, 11) is 5.61. The van der Waals surface area contributed by atoms with Gasteiger partial charge in [-0.2, -0.15) is 4.98 Å². The number of ether oxygens (including phenoxy) is 1. The van der Waals surface area contributed by atoms with Crippen molar-refractivity contribution in [3.05, 3.63) is 11.2 Å². The summed E-state index contributed by atoms with van der Waals surface area (Å²) in [4.78, 5) is 10.1. The standard InChI is InChI=1S/C10H17ClN4O/c1-15(2)6-4-5-12-9-8(11)7-13-10(14-9)16-3/h7H,4-6H2,1-3H3,(H,12,13,14). The smallest absolute Gasteiger partial charge is 0.318 e. The summed E-state index contributed by atoms with van der Waals surface area (Å²) in [5, 5.41) is 3.66. The fraction of sp³-hybridized carbons (Fsp3) is 0.600. The van der Waals surface area contributed by atoms with Gasteiger partial charge in [0.15, 0.2) is 5.82 Å². The van der Waals surface area contributed by atoms with Gasteiger partial charge in [-0.25, -0.2) is 4.98 Å². The normalized spacial score (nSPS) is 10.6. The number of aromatic nitrogens is 2. The molecular weight excluding hydrogens is 228 g/mol. The second-order valence-corrected chi connectivity index (χ2v) is 4.04. The molecule has 0 aromatic carbocycles. The first-order chi connectivity index (χ1) is 7.63. The molecule has 0 aliphatic rings. The van der Waals surface area contributed by atoms with Crippen LogP contribution in [0.2, 0.25) is 5.02 Å². The Balaban J connectivity index is 2.46. The molecule has 0 atom stereocenters. The maximum absolute atomic E-state index is 5.94. The Morgan fingerprint density at radius 2 is 2.25 bits per heavy atom. The molecule has 6 heteroatoms. The van der Waals surface area contributed by atoms with Crippen molar-refractivity contribution < 1.29 is 4.74 Å². The zero-order chi connectivity index (χ0) is 12.0. The van der Waals surface area contributed by atoms with Crippen molar-refractivity contribution in [1.29, 1.82) is 0 Å². The molecular formula is C10H17ClN4O. The van der Waals surface area contributed by atoms with Crippen molar-refractivity contribution in [3.8, 4) is 6.01 Å². The Labute approximate surface area is 101 Å². The molecule has 5 nitrogen and oxygen atoms in total. The molecule has 1 rings (SSSR count). The van der Waals surface area contributed by atoms with Crippen LogP contribution >= 0.6 is 11.6 Å². The fourth-order valence-corrected chi connectivity index (χ4v) is 1.33. The Morgan fingerprint density at radius 3 is 2.88 bits per heavy atom. The summed E-state index contributed by atoms with van der Waals surface area (Å²) in [6, 6.07) is 0.319. The van der Waals surface area contributed by atoms with Crippen LogP contribution in [0.15, 0.2) is 6.20 Å². The first kappa shape index (κ1) is 13.0. The van der Waals surface area contributed by atoms with Crippen LogP contribution in [-0.2, 0) is 0 Å². The van der Waals surface area contributed by atoms with Crippen LogP contribution in [0.1, 0.15) is 6.42 Å². The third-order valence-corrected chi connectivity index (χ3v) is 2.26. The monoisotopic (exact) mass is 244 g/mol. The van der Waals surface area contributed by atoms with Crippen LogP contribution in [-0.4, -0.2) is 49.2 Å². The van der Waals surface area contributed by atoms with Crippen LogP contribution < -0.4 is 10.1 Å². The fourth-order valence-electron chi connectivity index (χ4n) is 1.18. The SMILES string of the molecule is COc1ncc(Cl)c(NCCCN(C)C)n1. The molecule has 1 aromatic heterocycles. The van der Waals surface area contributed by atoms with Gasteiger partial charge in [-0.3, -0.25) is 0 Å². The molecule has 0 saturated carbocycles. The average Bonchev–Trinajstić information content (AvgIpc) is 2.26. The van der Waals surface area contributed by atoms with Crippen molar-refractivity contribution in [3.63, 3.8) is 0 Å². The Hall–Kier alpha value is -1.07. The summed E-state index contributed by atoms with van der Waals surface area (Å²) in [5.41, 5.74) is 0. The maximum atomic E-state index is 5.94. The summed E-state index contributed by atoms with van der Waals surface area (Å²) in [6.45, 7) is 1.84. The van der Waals surface area contributed by atoms with Gasteiger partial charge in [0.2, 0.25) is 0 Å². The molecule has 0 saturated heterocycles. The van der Waals surface area contributed by atoms with E-state index >= 15 is 0 Å². The van der Waals surface area contributed by atoms with Gasteiger partial charge in [-0.05, 0) is 27.1 Å². The lowest BCUT2D eigenvalue weighted by atomic mass is 10.4. The van der Waals surface area contributed by atoms with Crippen molar-refractivity contribution in [2.24, 2.45) is 0 Å². The molecule has 0 amide bonds. The van der Waals surface area contributed by atoms with Crippen molar-refractivity contribution in [2.75, 3.05) is 39.6 Å². The summed E-state index contributed by atoms with van der Waals surface area (Å²) < 4.78 is 4.93. The van der Waals surface area contributed by atoms with Gasteiger partial charge in [-0.1, -0.05) is 11.6 Å². The van der Waals surface area contributed by atoms with E-state index < -0.39 is 0 Å². The lowest BCUT2D eigenvalue weighted by Gasteiger charge is -2.11. The number of rotatable bonds is 6. The first-order valence-corrected chi connectivity index (χ1v) is 5.46.